The molecule has 0 aliphatic carbocycles. The second-order valence-corrected chi connectivity index (χ2v) is 9.27. The highest BCUT2D eigenvalue weighted by Gasteiger charge is 2.20. The second kappa shape index (κ2) is 11.3. The van der Waals surface area contributed by atoms with Crippen LogP contribution in [0.5, 0.6) is 0 Å². The van der Waals surface area contributed by atoms with Crippen LogP contribution in [0.25, 0.3) is 0 Å². The zero-order valence-electron chi connectivity index (χ0n) is 15.7. The Morgan fingerprint density at radius 1 is 1.35 bits per heavy atom. The summed E-state index contributed by atoms with van der Waals surface area (Å²) >= 11 is 1.78. The Balaban J connectivity index is 0.00000338. The number of piperazine rings is 1. The van der Waals surface area contributed by atoms with Crippen LogP contribution in [-0.4, -0.2) is 82.7 Å². The minimum absolute atomic E-state index is 0. The summed E-state index contributed by atoms with van der Waals surface area (Å²) in [4.78, 5) is 9.03. The molecule has 1 N–H and O–H groups in total. The minimum Gasteiger partial charge on any atom is -0.360 e. The Bertz CT molecular complexity index is 644. The van der Waals surface area contributed by atoms with Crippen LogP contribution in [0.4, 0.5) is 5.00 Å². The third-order valence-corrected chi connectivity index (χ3v) is 7.17. The summed E-state index contributed by atoms with van der Waals surface area (Å²) < 4.78 is 24.9. The van der Waals surface area contributed by atoms with Crippen LogP contribution in [0, 0.1) is 0 Å². The van der Waals surface area contributed by atoms with Crippen molar-refractivity contribution < 1.29 is 8.42 Å². The number of nitrogens with one attached hydrogen (secondary N) is 1. The molecule has 2 heterocycles. The van der Waals surface area contributed by atoms with E-state index >= 15 is 0 Å². The number of hydrogen-bond donors (Lipinski definition) is 1. The Hall–Kier alpha value is -0.590. The largest absolute Gasteiger partial charge is 0.360 e. The maximum atomic E-state index is 11.7. The van der Waals surface area contributed by atoms with E-state index in [0.29, 0.717) is 13.1 Å². The first-order chi connectivity index (χ1) is 12.0. The molecule has 0 atom stereocenters. The van der Waals surface area contributed by atoms with Crippen molar-refractivity contribution in [1.82, 2.24) is 14.5 Å². The van der Waals surface area contributed by atoms with Crippen LogP contribution in [0.1, 0.15) is 13.3 Å². The predicted molar refractivity (Wildman–Crippen MR) is 122 cm³/mol. The first-order valence-electron chi connectivity index (χ1n) is 8.66. The molecule has 0 aromatic carbocycles. The Morgan fingerprint density at radius 2 is 2.04 bits per heavy atom. The fourth-order valence-corrected chi connectivity index (χ4v) is 4.42. The average molecular weight is 515 g/mol. The molecule has 1 aliphatic heterocycles. The molecule has 26 heavy (non-hydrogen) atoms. The summed E-state index contributed by atoms with van der Waals surface area (Å²) in [6.07, 6.45) is 0.754. The summed E-state index contributed by atoms with van der Waals surface area (Å²) in [5.74, 6) is 1.04. The average Bonchev–Trinajstić information content (AvgIpc) is 3.16. The van der Waals surface area contributed by atoms with Crippen molar-refractivity contribution >= 4 is 56.3 Å². The lowest BCUT2D eigenvalue weighted by Gasteiger charge is -2.37. The Labute approximate surface area is 178 Å². The summed E-state index contributed by atoms with van der Waals surface area (Å²) in [5.41, 5.74) is 0. The van der Waals surface area contributed by atoms with Crippen LogP contribution in [-0.2, 0) is 10.0 Å². The van der Waals surface area contributed by atoms with E-state index in [1.54, 1.807) is 32.4 Å². The number of anilines is 1. The molecule has 0 spiro atoms. The molecule has 150 valence electrons. The minimum atomic E-state index is -3.09. The van der Waals surface area contributed by atoms with Crippen molar-refractivity contribution in [2.75, 3.05) is 64.0 Å². The standard InChI is InChI=1S/C16H29N5O2S2.HI/c1-4-25(22,23)19(3)9-6-8-18-16(17-2)21-12-10-20(11-13-21)15-7-5-14-24-15;/h5,7,14H,4,6,8-13H2,1-3H3,(H,17,18);1H. The molecule has 1 fully saturated rings. The molecule has 1 aromatic heterocycles. The van der Waals surface area contributed by atoms with Gasteiger partial charge in [-0.05, 0) is 30.9 Å². The Morgan fingerprint density at radius 3 is 2.58 bits per heavy atom. The lowest BCUT2D eigenvalue weighted by atomic mass is 10.3. The summed E-state index contributed by atoms with van der Waals surface area (Å²) in [7, 11) is 0.337. The fourth-order valence-electron chi connectivity index (χ4n) is 2.78. The summed E-state index contributed by atoms with van der Waals surface area (Å²) in [5, 5.41) is 6.78. The molecular weight excluding hydrogens is 485 g/mol. The van der Waals surface area contributed by atoms with E-state index in [2.05, 4.69) is 37.6 Å². The van der Waals surface area contributed by atoms with Crippen LogP contribution >= 0.6 is 35.3 Å². The molecule has 0 bridgehead atoms. The first-order valence-corrected chi connectivity index (χ1v) is 11.1. The van der Waals surface area contributed by atoms with Gasteiger partial charge >= 0.3 is 0 Å². The molecule has 10 heteroatoms. The van der Waals surface area contributed by atoms with Gasteiger partial charge in [0, 0.05) is 53.4 Å². The molecule has 0 amide bonds. The van der Waals surface area contributed by atoms with Crippen molar-refractivity contribution in [1.29, 1.82) is 0 Å². The smallest absolute Gasteiger partial charge is 0.213 e. The van der Waals surface area contributed by atoms with Gasteiger partial charge in [0.05, 0.1) is 10.8 Å². The van der Waals surface area contributed by atoms with Gasteiger partial charge in [-0.1, -0.05) is 0 Å². The van der Waals surface area contributed by atoms with E-state index in [0.717, 1.165) is 38.6 Å². The van der Waals surface area contributed by atoms with Crippen LogP contribution in [0.3, 0.4) is 0 Å². The lowest BCUT2D eigenvalue weighted by molar-refractivity contribution is 0.372. The number of nitrogens with zero attached hydrogens (tertiary/aromatic N) is 4. The van der Waals surface area contributed by atoms with Gasteiger partial charge in [-0.25, -0.2) is 12.7 Å². The normalized spacial score (nSPS) is 15.9. The van der Waals surface area contributed by atoms with E-state index < -0.39 is 10.0 Å². The maximum Gasteiger partial charge on any atom is 0.213 e. The topological polar surface area (TPSA) is 68.2 Å². The number of hydrogen-bond acceptors (Lipinski definition) is 5. The number of thiophene rings is 1. The van der Waals surface area contributed by atoms with Crippen LogP contribution in [0.15, 0.2) is 22.5 Å². The van der Waals surface area contributed by atoms with Gasteiger partial charge in [0.15, 0.2) is 5.96 Å². The number of rotatable bonds is 7. The van der Waals surface area contributed by atoms with Gasteiger partial charge in [0.25, 0.3) is 0 Å². The highest BCUT2D eigenvalue weighted by atomic mass is 127. The highest BCUT2D eigenvalue weighted by molar-refractivity contribution is 14.0. The van der Waals surface area contributed by atoms with Gasteiger partial charge in [0.2, 0.25) is 10.0 Å². The van der Waals surface area contributed by atoms with Crippen molar-refractivity contribution in [3.05, 3.63) is 17.5 Å². The first kappa shape index (κ1) is 23.4. The van der Waals surface area contributed by atoms with Crippen LogP contribution in [0.2, 0.25) is 0 Å². The molecule has 0 radical (unpaired) electrons. The van der Waals surface area contributed by atoms with E-state index in [1.165, 1.54) is 9.31 Å². The van der Waals surface area contributed by atoms with Gasteiger partial charge in [-0.3, -0.25) is 4.99 Å². The highest BCUT2D eigenvalue weighted by Crippen LogP contribution is 2.22. The monoisotopic (exact) mass is 515 g/mol. The molecular formula is C16H30IN5O2S2. The number of guanidine groups is 1. The van der Waals surface area contributed by atoms with Gasteiger partial charge < -0.3 is 15.1 Å². The van der Waals surface area contributed by atoms with E-state index in [-0.39, 0.29) is 29.7 Å². The molecule has 0 unspecified atom stereocenters. The summed E-state index contributed by atoms with van der Waals surface area (Å²) in [6.45, 7) is 6.73. The number of sulfonamides is 1. The zero-order chi connectivity index (χ0) is 18.3. The fraction of sp³-hybridized carbons (Fsp3) is 0.688. The quantitative estimate of drug-likeness (QED) is 0.259. The van der Waals surface area contributed by atoms with Crippen molar-refractivity contribution in [3.8, 4) is 0 Å². The number of halogens is 1. The van der Waals surface area contributed by atoms with Crippen LogP contribution < -0.4 is 10.2 Å². The van der Waals surface area contributed by atoms with E-state index in [4.69, 9.17) is 0 Å². The molecule has 1 aromatic rings. The molecule has 7 nitrogen and oxygen atoms in total. The van der Waals surface area contributed by atoms with E-state index in [1.807, 2.05) is 0 Å². The van der Waals surface area contributed by atoms with Crippen molar-refractivity contribution in [2.45, 2.75) is 13.3 Å². The third-order valence-electron chi connectivity index (χ3n) is 4.38. The summed E-state index contributed by atoms with van der Waals surface area (Å²) in [6, 6.07) is 4.25. The Kier molecular flexibility index (Phi) is 10.2. The van der Waals surface area contributed by atoms with Gasteiger partial charge in [-0.2, -0.15) is 0 Å². The van der Waals surface area contributed by atoms with Gasteiger partial charge in [0.1, 0.15) is 0 Å². The molecule has 2 rings (SSSR count). The molecule has 1 saturated heterocycles. The van der Waals surface area contributed by atoms with E-state index in [9.17, 15) is 8.42 Å². The van der Waals surface area contributed by atoms with Gasteiger partial charge in [-0.15, -0.1) is 35.3 Å². The van der Waals surface area contributed by atoms with Crippen molar-refractivity contribution in [2.24, 2.45) is 4.99 Å². The molecule has 1 aliphatic rings. The molecule has 0 saturated carbocycles. The second-order valence-electron chi connectivity index (χ2n) is 5.98. The zero-order valence-corrected chi connectivity index (χ0v) is 19.7. The third kappa shape index (κ3) is 6.54. The SMILES string of the molecule is CCS(=O)(=O)N(C)CCCNC(=NC)N1CCN(c2cccs2)CC1.I. The maximum absolute atomic E-state index is 11.7. The predicted octanol–water partition coefficient (Wildman–Crippen LogP) is 1.74. The lowest BCUT2D eigenvalue weighted by Crippen LogP contribution is -2.52. The van der Waals surface area contributed by atoms with Crippen molar-refractivity contribution in [3.63, 3.8) is 0 Å². The number of aliphatic imine (C=N–C) groups is 1.